The first-order valence-corrected chi connectivity index (χ1v) is 7.05. The minimum Gasteiger partial charge on any atom is -0.302 e. The Kier molecular flexibility index (Phi) is 5.00. The van der Waals surface area contributed by atoms with Crippen LogP contribution < -0.4 is 0 Å². The van der Waals surface area contributed by atoms with Crippen molar-refractivity contribution in [1.82, 2.24) is 15.1 Å². The number of aromatic amines is 1. The Hall–Kier alpha value is -1.32. The predicted molar refractivity (Wildman–Crippen MR) is 80.3 cm³/mol. The number of aromatic nitrogens is 2. The number of hydrogen-bond donors (Lipinski definition) is 1. The van der Waals surface area contributed by atoms with Gasteiger partial charge in [0.05, 0.1) is 11.9 Å². The van der Waals surface area contributed by atoms with E-state index in [1.807, 2.05) is 30.5 Å². The summed E-state index contributed by atoms with van der Waals surface area (Å²) in [6.45, 7) is 4.24. The fourth-order valence-corrected chi connectivity index (χ4v) is 2.22. The number of benzene rings is 1. The van der Waals surface area contributed by atoms with Crippen LogP contribution in [0.5, 0.6) is 0 Å². The second-order valence-corrected chi connectivity index (χ2v) is 5.30. The molecule has 1 heterocycles. The van der Waals surface area contributed by atoms with Crippen LogP contribution >= 0.6 is 11.6 Å². The summed E-state index contributed by atoms with van der Waals surface area (Å²) >= 11 is 5.92. The highest BCUT2D eigenvalue weighted by atomic mass is 35.5. The van der Waals surface area contributed by atoms with Gasteiger partial charge in [0, 0.05) is 17.1 Å². The summed E-state index contributed by atoms with van der Waals surface area (Å²) in [7, 11) is 2.15. The van der Waals surface area contributed by atoms with Crippen molar-refractivity contribution >= 4 is 11.6 Å². The van der Waals surface area contributed by atoms with Gasteiger partial charge in [-0.3, -0.25) is 5.10 Å². The molecule has 2 aromatic rings. The van der Waals surface area contributed by atoms with Gasteiger partial charge < -0.3 is 4.90 Å². The zero-order valence-corrected chi connectivity index (χ0v) is 12.2. The zero-order valence-electron chi connectivity index (χ0n) is 11.5. The number of H-pyrrole nitrogens is 1. The van der Waals surface area contributed by atoms with Crippen LogP contribution in [0.15, 0.2) is 30.5 Å². The molecule has 0 saturated heterocycles. The van der Waals surface area contributed by atoms with E-state index in [0.29, 0.717) is 0 Å². The molecule has 3 nitrogen and oxygen atoms in total. The van der Waals surface area contributed by atoms with Gasteiger partial charge in [0.15, 0.2) is 0 Å². The molecule has 2 rings (SSSR count). The first-order chi connectivity index (χ1) is 9.20. The molecule has 1 N–H and O–H groups in total. The predicted octanol–water partition coefficient (Wildman–Crippen LogP) is 3.96. The second kappa shape index (κ2) is 6.73. The lowest BCUT2D eigenvalue weighted by Gasteiger charge is -2.16. The summed E-state index contributed by atoms with van der Waals surface area (Å²) in [6.07, 6.45) is 4.36. The summed E-state index contributed by atoms with van der Waals surface area (Å²) in [5, 5.41) is 8.01. The van der Waals surface area contributed by atoms with Crippen molar-refractivity contribution in [3.8, 4) is 11.3 Å². The fraction of sp³-hybridized carbons (Fsp3) is 0.400. The maximum atomic E-state index is 5.92. The third-order valence-electron chi connectivity index (χ3n) is 3.18. The highest BCUT2D eigenvalue weighted by Crippen LogP contribution is 2.23. The van der Waals surface area contributed by atoms with Gasteiger partial charge in [0.25, 0.3) is 0 Å². The van der Waals surface area contributed by atoms with Crippen LogP contribution in [0.2, 0.25) is 5.02 Å². The van der Waals surface area contributed by atoms with Gasteiger partial charge in [-0.25, -0.2) is 0 Å². The number of hydrogen-bond acceptors (Lipinski definition) is 2. The topological polar surface area (TPSA) is 31.9 Å². The number of halogens is 1. The molecule has 0 fully saturated rings. The Morgan fingerprint density at radius 3 is 2.68 bits per heavy atom. The quantitative estimate of drug-likeness (QED) is 0.867. The van der Waals surface area contributed by atoms with Gasteiger partial charge in [0.1, 0.15) is 0 Å². The highest BCUT2D eigenvalue weighted by Gasteiger charge is 2.09. The lowest BCUT2D eigenvalue weighted by molar-refractivity contribution is 0.321. The second-order valence-electron chi connectivity index (χ2n) is 4.87. The lowest BCUT2D eigenvalue weighted by Crippen LogP contribution is -2.19. The van der Waals surface area contributed by atoms with Crippen molar-refractivity contribution in [1.29, 1.82) is 0 Å². The maximum absolute atomic E-state index is 5.92. The van der Waals surface area contributed by atoms with Crippen LogP contribution in [-0.2, 0) is 6.54 Å². The van der Waals surface area contributed by atoms with Gasteiger partial charge in [0.2, 0.25) is 0 Å². The van der Waals surface area contributed by atoms with Crippen molar-refractivity contribution < 1.29 is 0 Å². The zero-order chi connectivity index (χ0) is 13.7. The van der Waals surface area contributed by atoms with Gasteiger partial charge >= 0.3 is 0 Å². The maximum Gasteiger partial charge on any atom is 0.0695 e. The molecule has 0 unspecified atom stereocenters. The molecule has 0 aliphatic carbocycles. The molecule has 0 bridgehead atoms. The Morgan fingerprint density at radius 2 is 2.00 bits per heavy atom. The van der Waals surface area contributed by atoms with E-state index in [9.17, 15) is 0 Å². The molecule has 0 aliphatic heterocycles. The number of unbranched alkanes of at least 4 members (excludes halogenated alkanes) is 1. The number of nitrogens with zero attached hydrogens (tertiary/aromatic N) is 2. The minimum absolute atomic E-state index is 0.755. The van der Waals surface area contributed by atoms with Gasteiger partial charge in [-0.2, -0.15) is 5.10 Å². The van der Waals surface area contributed by atoms with Gasteiger partial charge in [-0.1, -0.05) is 37.1 Å². The van der Waals surface area contributed by atoms with E-state index in [0.717, 1.165) is 29.4 Å². The molecule has 102 valence electrons. The SMILES string of the molecule is CCCCN(C)Cc1cn[nH]c1-c1ccc(Cl)cc1. The van der Waals surface area contributed by atoms with E-state index in [2.05, 4.69) is 29.1 Å². The van der Waals surface area contributed by atoms with Crippen LogP contribution in [-0.4, -0.2) is 28.7 Å². The van der Waals surface area contributed by atoms with E-state index >= 15 is 0 Å². The van der Waals surface area contributed by atoms with Crippen LogP contribution in [0.4, 0.5) is 0 Å². The molecule has 0 atom stereocenters. The standard InChI is InChI=1S/C15H20ClN3/c1-3-4-9-19(2)11-13-10-17-18-15(13)12-5-7-14(16)8-6-12/h5-8,10H,3-4,9,11H2,1-2H3,(H,17,18). The molecule has 0 saturated carbocycles. The Labute approximate surface area is 119 Å². The highest BCUT2D eigenvalue weighted by molar-refractivity contribution is 6.30. The lowest BCUT2D eigenvalue weighted by atomic mass is 10.1. The molecule has 1 aromatic carbocycles. The first-order valence-electron chi connectivity index (χ1n) is 6.67. The third kappa shape index (κ3) is 3.82. The van der Waals surface area contributed by atoms with Crippen molar-refractivity contribution in [3.05, 3.63) is 41.0 Å². The molecular formula is C15H20ClN3. The number of rotatable bonds is 6. The van der Waals surface area contributed by atoms with E-state index < -0.39 is 0 Å². The molecular weight excluding hydrogens is 258 g/mol. The van der Waals surface area contributed by atoms with Gasteiger partial charge in [-0.15, -0.1) is 0 Å². The number of nitrogens with one attached hydrogen (secondary N) is 1. The normalized spacial score (nSPS) is 11.2. The summed E-state index contributed by atoms with van der Waals surface area (Å²) in [5.74, 6) is 0. The Morgan fingerprint density at radius 1 is 1.26 bits per heavy atom. The average molecular weight is 278 g/mol. The molecule has 19 heavy (non-hydrogen) atoms. The van der Waals surface area contributed by atoms with Crippen LogP contribution in [0.1, 0.15) is 25.3 Å². The first kappa shape index (κ1) is 14.1. The van der Waals surface area contributed by atoms with E-state index in [-0.39, 0.29) is 0 Å². The fourth-order valence-electron chi connectivity index (χ4n) is 2.10. The molecule has 4 heteroatoms. The van der Waals surface area contributed by atoms with E-state index in [1.54, 1.807) is 0 Å². The third-order valence-corrected chi connectivity index (χ3v) is 3.44. The van der Waals surface area contributed by atoms with Crippen molar-refractivity contribution in [2.75, 3.05) is 13.6 Å². The van der Waals surface area contributed by atoms with Crippen molar-refractivity contribution in [2.45, 2.75) is 26.3 Å². The molecule has 1 aromatic heterocycles. The summed E-state index contributed by atoms with van der Waals surface area (Å²) in [6, 6.07) is 7.85. The monoisotopic (exact) mass is 277 g/mol. The van der Waals surface area contributed by atoms with Crippen LogP contribution in [0, 0.1) is 0 Å². The van der Waals surface area contributed by atoms with E-state index in [1.165, 1.54) is 18.4 Å². The smallest absolute Gasteiger partial charge is 0.0695 e. The Balaban J connectivity index is 2.11. The van der Waals surface area contributed by atoms with E-state index in [4.69, 9.17) is 11.6 Å². The van der Waals surface area contributed by atoms with Crippen molar-refractivity contribution in [3.63, 3.8) is 0 Å². The largest absolute Gasteiger partial charge is 0.302 e. The molecule has 0 amide bonds. The summed E-state index contributed by atoms with van der Waals surface area (Å²) < 4.78 is 0. The average Bonchev–Trinajstić information content (AvgIpc) is 2.85. The molecule has 0 radical (unpaired) electrons. The molecule has 0 aliphatic rings. The molecule has 0 spiro atoms. The van der Waals surface area contributed by atoms with Crippen molar-refractivity contribution in [2.24, 2.45) is 0 Å². The minimum atomic E-state index is 0.755. The van der Waals surface area contributed by atoms with Crippen LogP contribution in [0.3, 0.4) is 0 Å². The summed E-state index contributed by atoms with van der Waals surface area (Å²) in [4.78, 5) is 2.33. The van der Waals surface area contributed by atoms with Gasteiger partial charge in [-0.05, 0) is 37.7 Å². The van der Waals surface area contributed by atoms with Crippen LogP contribution in [0.25, 0.3) is 11.3 Å². The Bertz CT molecular complexity index is 504. The summed E-state index contributed by atoms with van der Waals surface area (Å²) in [5.41, 5.74) is 3.43.